The van der Waals surface area contributed by atoms with E-state index in [2.05, 4.69) is 5.32 Å². The molecule has 0 saturated carbocycles. The number of halogens is 2. The van der Waals surface area contributed by atoms with Crippen molar-refractivity contribution in [1.82, 2.24) is 0 Å². The highest BCUT2D eigenvalue weighted by atomic mass is 35.5. The minimum absolute atomic E-state index is 0.0307. The fourth-order valence-corrected chi connectivity index (χ4v) is 2.40. The average Bonchev–Trinajstić information content (AvgIpc) is 2.86. The molecule has 5 nitrogen and oxygen atoms in total. The topological polar surface area (TPSA) is 75.6 Å². The molecular weight excluding hydrogens is 321 g/mol. The maximum absolute atomic E-state index is 12.8. The van der Waals surface area contributed by atoms with E-state index in [0.717, 1.165) is 23.5 Å². The lowest BCUT2D eigenvalue weighted by atomic mass is 10.3. The third-order valence-corrected chi connectivity index (χ3v) is 3.58. The highest BCUT2D eigenvalue weighted by Crippen LogP contribution is 2.25. The van der Waals surface area contributed by atoms with Gasteiger partial charge in [0.05, 0.1) is 10.7 Å². The highest BCUT2D eigenvalue weighted by Gasteiger charge is 2.14. The third-order valence-electron chi connectivity index (χ3n) is 2.39. The van der Waals surface area contributed by atoms with Crippen molar-refractivity contribution in [2.75, 3.05) is 11.9 Å². The number of nitrogens with one attached hydrogen (secondary N) is 1. The van der Waals surface area contributed by atoms with E-state index in [4.69, 9.17) is 21.4 Å². The Hall–Kier alpha value is -2.12. The summed E-state index contributed by atoms with van der Waals surface area (Å²) in [6.07, 6.45) is 0. The predicted molar refractivity (Wildman–Crippen MR) is 76.8 cm³/mol. The first-order valence-electron chi connectivity index (χ1n) is 5.66. The molecule has 0 unspecified atom stereocenters. The van der Waals surface area contributed by atoms with Gasteiger partial charge in [0.1, 0.15) is 16.4 Å². The summed E-state index contributed by atoms with van der Waals surface area (Å²) in [5.41, 5.74) is 0.200. The van der Waals surface area contributed by atoms with Crippen molar-refractivity contribution in [1.29, 1.82) is 0 Å². The molecule has 0 fully saturated rings. The molecule has 1 aromatic heterocycles. The van der Waals surface area contributed by atoms with Crippen molar-refractivity contribution in [3.8, 4) is 5.75 Å². The van der Waals surface area contributed by atoms with Crippen LogP contribution in [0.15, 0.2) is 29.6 Å². The van der Waals surface area contributed by atoms with Gasteiger partial charge in [0.15, 0.2) is 6.61 Å². The van der Waals surface area contributed by atoms with E-state index in [-0.39, 0.29) is 27.9 Å². The second-order valence-electron chi connectivity index (χ2n) is 3.88. The summed E-state index contributed by atoms with van der Waals surface area (Å²) in [5, 5.41) is 12.9. The van der Waals surface area contributed by atoms with Gasteiger partial charge >= 0.3 is 5.97 Å². The van der Waals surface area contributed by atoms with Gasteiger partial charge in [-0.05, 0) is 29.6 Å². The first-order chi connectivity index (χ1) is 9.97. The van der Waals surface area contributed by atoms with Crippen LogP contribution >= 0.6 is 22.9 Å². The molecule has 0 aliphatic rings. The Kier molecular flexibility index (Phi) is 4.77. The number of amides is 1. The van der Waals surface area contributed by atoms with Crippen LogP contribution in [0.5, 0.6) is 5.75 Å². The minimum atomic E-state index is -1.12. The van der Waals surface area contributed by atoms with Crippen LogP contribution in [0.25, 0.3) is 0 Å². The summed E-state index contributed by atoms with van der Waals surface area (Å²) >= 11 is 6.75. The monoisotopic (exact) mass is 329 g/mol. The maximum atomic E-state index is 12.8. The smallest absolute Gasteiger partial charge is 0.348 e. The molecule has 2 N–H and O–H groups in total. The van der Waals surface area contributed by atoms with Crippen LogP contribution < -0.4 is 10.1 Å². The molecule has 2 aromatic rings. The summed E-state index contributed by atoms with van der Waals surface area (Å²) in [4.78, 5) is 22.6. The number of ether oxygens (including phenoxy) is 1. The number of carboxylic acid groups (broad SMARTS) is 1. The van der Waals surface area contributed by atoms with Crippen LogP contribution in [-0.4, -0.2) is 23.6 Å². The average molecular weight is 330 g/mol. The predicted octanol–water partition coefficient (Wildman–Crippen LogP) is 3.26. The molecular formula is C13H9ClFNO4S. The largest absolute Gasteiger partial charge is 0.482 e. The number of carbonyl (C=O) groups is 2. The zero-order chi connectivity index (χ0) is 15.4. The lowest BCUT2D eigenvalue weighted by Crippen LogP contribution is -2.21. The van der Waals surface area contributed by atoms with Gasteiger partial charge in [-0.15, -0.1) is 11.3 Å². The van der Waals surface area contributed by atoms with Crippen LogP contribution in [0.3, 0.4) is 0 Å². The molecule has 2 rings (SSSR count). The molecule has 110 valence electrons. The van der Waals surface area contributed by atoms with Gasteiger partial charge in [-0.25, -0.2) is 9.18 Å². The molecule has 8 heteroatoms. The van der Waals surface area contributed by atoms with Gasteiger partial charge in [0.25, 0.3) is 5.91 Å². The second kappa shape index (κ2) is 6.55. The van der Waals surface area contributed by atoms with Gasteiger partial charge in [-0.3, -0.25) is 4.79 Å². The number of hydrogen-bond acceptors (Lipinski definition) is 4. The fourth-order valence-electron chi connectivity index (χ4n) is 1.50. The molecule has 0 radical (unpaired) electrons. The van der Waals surface area contributed by atoms with E-state index in [1.807, 2.05) is 0 Å². The normalized spacial score (nSPS) is 10.2. The lowest BCUT2D eigenvalue weighted by molar-refractivity contribution is -0.118. The van der Waals surface area contributed by atoms with E-state index < -0.39 is 17.7 Å². The van der Waals surface area contributed by atoms with Gasteiger partial charge in [0.2, 0.25) is 0 Å². The second-order valence-corrected chi connectivity index (χ2v) is 5.20. The quantitative estimate of drug-likeness (QED) is 0.883. The van der Waals surface area contributed by atoms with Crippen molar-refractivity contribution >= 4 is 40.5 Å². The number of hydrogen-bond donors (Lipinski definition) is 2. The summed E-state index contributed by atoms with van der Waals surface area (Å²) in [6.45, 7) is -0.375. The molecule has 0 bridgehead atoms. The van der Waals surface area contributed by atoms with Gasteiger partial charge in [-0.1, -0.05) is 11.6 Å². The zero-order valence-corrected chi connectivity index (χ0v) is 12.0. The number of rotatable bonds is 5. The number of benzene rings is 1. The van der Waals surface area contributed by atoms with Crippen LogP contribution in [0.4, 0.5) is 10.1 Å². The summed E-state index contributed by atoms with van der Waals surface area (Å²) in [6, 6.07) is 5.01. The van der Waals surface area contributed by atoms with Crippen LogP contribution in [-0.2, 0) is 4.79 Å². The molecule has 0 aliphatic heterocycles. The Balaban J connectivity index is 1.96. The Bertz CT molecular complexity index is 689. The molecule has 0 aliphatic carbocycles. The van der Waals surface area contributed by atoms with Crippen molar-refractivity contribution in [3.63, 3.8) is 0 Å². The van der Waals surface area contributed by atoms with Crippen molar-refractivity contribution < 1.29 is 23.8 Å². The van der Waals surface area contributed by atoms with Crippen molar-refractivity contribution in [2.24, 2.45) is 0 Å². The summed E-state index contributed by atoms with van der Waals surface area (Å²) in [7, 11) is 0. The molecule has 0 saturated heterocycles. The fraction of sp³-hybridized carbons (Fsp3) is 0.0769. The SMILES string of the molecule is O=C(COc1ccc(F)cc1Cl)Nc1ccsc1C(=O)O. The van der Waals surface area contributed by atoms with E-state index in [0.29, 0.717) is 0 Å². The van der Waals surface area contributed by atoms with E-state index in [1.54, 1.807) is 5.38 Å². The standard InChI is InChI=1S/C13H9ClFNO4S/c14-8-5-7(15)1-2-10(8)20-6-11(17)16-9-3-4-21-12(9)13(18)19/h1-5H,6H2,(H,16,17)(H,18,19). The van der Waals surface area contributed by atoms with Crippen LogP contribution in [0.1, 0.15) is 9.67 Å². The van der Waals surface area contributed by atoms with E-state index in [9.17, 15) is 14.0 Å². The summed E-state index contributed by atoms with van der Waals surface area (Å²) < 4.78 is 18.0. The highest BCUT2D eigenvalue weighted by molar-refractivity contribution is 7.12. The number of carbonyl (C=O) groups excluding carboxylic acids is 1. The van der Waals surface area contributed by atoms with Gasteiger partial charge < -0.3 is 15.2 Å². The molecule has 0 atom stereocenters. The van der Waals surface area contributed by atoms with Gasteiger partial charge in [0, 0.05) is 0 Å². The molecule has 1 heterocycles. The Morgan fingerprint density at radius 3 is 2.81 bits per heavy atom. The maximum Gasteiger partial charge on any atom is 0.348 e. The Labute approximate surface area is 127 Å². The minimum Gasteiger partial charge on any atom is -0.482 e. The molecule has 1 amide bonds. The zero-order valence-electron chi connectivity index (χ0n) is 10.4. The Morgan fingerprint density at radius 2 is 2.14 bits per heavy atom. The van der Waals surface area contributed by atoms with Gasteiger partial charge in [-0.2, -0.15) is 0 Å². The number of anilines is 1. The van der Waals surface area contributed by atoms with Crippen LogP contribution in [0, 0.1) is 5.82 Å². The number of carboxylic acids is 1. The number of aromatic carboxylic acids is 1. The lowest BCUT2D eigenvalue weighted by Gasteiger charge is -2.08. The summed E-state index contributed by atoms with van der Waals surface area (Å²) in [5.74, 6) is -2.02. The first kappa shape index (κ1) is 15.3. The molecule has 21 heavy (non-hydrogen) atoms. The van der Waals surface area contributed by atoms with E-state index in [1.165, 1.54) is 12.1 Å². The molecule has 0 spiro atoms. The van der Waals surface area contributed by atoms with E-state index >= 15 is 0 Å². The first-order valence-corrected chi connectivity index (χ1v) is 6.91. The van der Waals surface area contributed by atoms with Crippen molar-refractivity contribution in [3.05, 3.63) is 45.4 Å². The van der Waals surface area contributed by atoms with Crippen molar-refractivity contribution in [2.45, 2.75) is 0 Å². The molecule has 1 aromatic carbocycles. The Morgan fingerprint density at radius 1 is 1.38 bits per heavy atom. The number of thiophene rings is 1. The van der Waals surface area contributed by atoms with Crippen LogP contribution in [0.2, 0.25) is 5.02 Å². The third kappa shape index (κ3) is 3.93.